The van der Waals surface area contributed by atoms with Gasteiger partial charge in [-0.25, -0.2) is 13.1 Å². The highest BCUT2D eigenvalue weighted by molar-refractivity contribution is 7.89. The maximum atomic E-state index is 12.7. The average Bonchev–Trinajstić information content (AvgIpc) is 2.41. The van der Waals surface area contributed by atoms with Gasteiger partial charge in [0.15, 0.2) is 0 Å². The van der Waals surface area contributed by atoms with Crippen molar-refractivity contribution in [3.05, 3.63) is 28.8 Å². The minimum absolute atomic E-state index is 0.0243. The Morgan fingerprint density at radius 1 is 1.29 bits per heavy atom. The van der Waals surface area contributed by atoms with E-state index in [9.17, 15) is 13.5 Å². The molecule has 1 aromatic carbocycles. The minimum atomic E-state index is -3.53. The lowest BCUT2D eigenvalue weighted by molar-refractivity contribution is 0.281. The molecular weight excluding hydrogens is 286 g/mol. The minimum Gasteiger partial charge on any atom is -0.392 e. The topological polar surface area (TPSA) is 66.4 Å². The smallest absolute Gasteiger partial charge is 0.241 e. The molecule has 0 saturated heterocycles. The number of aliphatic hydroxyl groups excluding tert-OH is 1. The number of sulfonamides is 1. The molecule has 5 heteroatoms. The lowest BCUT2D eigenvalue weighted by Crippen LogP contribution is -2.38. The van der Waals surface area contributed by atoms with Gasteiger partial charge in [0, 0.05) is 6.04 Å². The normalized spacial score (nSPS) is 23.2. The van der Waals surface area contributed by atoms with Crippen LogP contribution in [0.15, 0.2) is 17.0 Å². The van der Waals surface area contributed by atoms with Gasteiger partial charge in [0.2, 0.25) is 10.0 Å². The van der Waals surface area contributed by atoms with E-state index in [0.717, 1.165) is 30.4 Å². The van der Waals surface area contributed by atoms with Gasteiger partial charge in [-0.3, -0.25) is 0 Å². The molecule has 1 aromatic rings. The van der Waals surface area contributed by atoms with E-state index in [1.54, 1.807) is 6.07 Å². The van der Waals surface area contributed by atoms with Crippen LogP contribution in [0.5, 0.6) is 0 Å². The van der Waals surface area contributed by atoms with Crippen LogP contribution in [0.3, 0.4) is 0 Å². The van der Waals surface area contributed by atoms with Crippen LogP contribution >= 0.6 is 0 Å². The molecule has 0 radical (unpaired) electrons. The van der Waals surface area contributed by atoms with Crippen molar-refractivity contribution >= 4 is 10.0 Å². The zero-order valence-electron chi connectivity index (χ0n) is 13.0. The lowest BCUT2D eigenvalue weighted by atomic mass is 9.88. The number of aliphatic hydroxyl groups is 1. The zero-order valence-corrected chi connectivity index (χ0v) is 13.8. The average molecular weight is 311 g/mol. The van der Waals surface area contributed by atoms with Crippen molar-refractivity contribution in [2.24, 2.45) is 5.92 Å². The van der Waals surface area contributed by atoms with Crippen molar-refractivity contribution in [2.45, 2.75) is 64.0 Å². The van der Waals surface area contributed by atoms with Gasteiger partial charge in [0.25, 0.3) is 0 Å². The SMILES string of the molecule is Cc1cc(CO)cc(S(=O)(=O)NC2CCCC(C)C2)c1C. The van der Waals surface area contributed by atoms with E-state index in [2.05, 4.69) is 11.6 Å². The summed E-state index contributed by atoms with van der Waals surface area (Å²) in [5, 5.41) is 9.28. The Morgan fingerprint density at radius 3 is 2.62 bits per heavy atom. The molecular formula is C16H25NO3S. The molecule has 1 aliphatic rings. The molecule has 0 aliphatic heterocycles. The van der Waals surface area contributed by atoms with Gasteiger partial charge in [-0.15, -0.1) is 0 Å². The Kier molecular flexibility index (Phi) is 5.07. The summed E-state index contributed by atoms with van der Waals surface area (Å²) in [6.45, 7) is 5.71. The van der Waals surface area contributed by atoms with Crippen LogP contribution in [0.4, 0.5) is 0 Å². The van der Waals surface area contributed by atoms with Gasteiger partial charge >= 0.3 is 0 Å². The quantitative estimate of drug-likeness (QED) is 0.898. The van der Waals surface area contributed by atoms with Crippen molar-refractivity contribution in [3.63, 3.8) is 0 Å². The summed E-state index contributed by atoms with van der Waals surface area (Å²) in [5.74, 6) is 0.568. The van der Waals surface area contributed by atoms with Crippen LogP contribution in [0, 0.1) is 19.8 Å². The van der Waals surface area contributed by atoms with Gasteiger partial charge in [-0.1, -0.05) is 25.8 Å². The van der Waals surface area contributed by atoms with Gasteiger partial charge in [-0.05, 0) is 55.4 Å². The number of rotatable bonds is 4. The van der Waals surface area contributed by atoms with Gasteiger partial charge in [0.05, 0.1) is 11.5 Å². The summed E-state index contributed by atoms with van der Waals surface area (Å²) < 4.78 is 28.2. The van der Waals surface area contributed by atoms with Crippen molar-refractivity contribution < 1.29 is 13.5 Å². The lowest BCUT2D eigenvalue weighted by Gasteiger charge is -2.27. The van der Waals surface area contributed by atoms with E-state index in [0.29, 0.717) is 16.4 Å². The Balaban J connectivity index is 2.29. The second-order valence-corrected chi connectivity index (χ2v) is 7.97. The van der Waals surface area contributed by atoms with Crippen LogP contribution in [-0.2, 0) is 16.6 Å². The molecule has 2 unspecified atom stereocenters. The van der Waals surface area contributed by atoms with Gasteiger partial charge in [0.1, 0.15) is 0 Å². The molecule has 2 atom stereocenters. The maximum absolute atomic E-state index is 12.7. The fourth-order valence-corrected chi connectivity index (χ4v) is 4.74. The second kappa shape index (κ2) is 6.46. The molecule has 2 rings (SSSR count). The molecule has 1 saturated carbocycles. The second-order valence-electron chi connectivity index (χ2n) is 6.28. The first-order chi connectivity index (χ1) is 9.83. The van der Waals surface area contributed by atoms with Crippen molar-refractivity contribution in [3.8, 4) is 0 Å². The Bertz CT molecular complexity index is 610. The third kappa shape index (κ3) is 3.84. The van der Waals surface area contributed by atoms with Crippen LogP contribution in [-0.4, -0.2) is 19.6 Å². The highest BCUT2D eigenvalue weighted by atomic mass is 32.2. The summed E-state index contributed by atoms with van der Waals surface area (Å²) in [4.78, 5) is 0.296. The van der Waals surface area contributed by atoms with E-state index in [1.807, 2.05) is 19.9 Å². The van der Waals surface area contributed by atoms with E-state index in [4.69, 9.17) is 0 Å². The van der Waals surface area contributed by atoms with Crippen molar-refractivity contribution in [1.29, 1.82) is 0 Å². The third-order valence-corrected chi connectivity index (χ3v) is 6.06. The summed E-state index contributed by atoms with van der Waals surface area (Å²) in [5.41, 5.74) is 2.28. The van der Waals surface area contributed by atoms with Crippen LogP contribution < -0.4 is 4.72 Å². The first-order valence-corrected chi connectivity index (χ1v) is 9.05. The summed E-state index contributed by atoms with van der Waals surface area (Å²) in [7, 11) is -3.53. The summed E-state index contributed by atoms with van der Waals surface area (Å²) in [6, 6.07) is 3.43. The van der Waals surface area contributed by atoms with Gasteiger partial charge < -0.3 is 5.11 Å². The Morgan fingerprint density at radius 2 is 2.00 bits per heavy atom. The molecule has 0 heterocycles. The maximum Gasteiger partial charge on any atom is 0.241 e. The Labute approximate surface area is 127 Å². The number of hydrogen-bond donors (Lipinski definition) is 2. The van der Waals surface area contributed by atoms with E-state index >= 15 is 0 Å². The molecule has 1 fully saturated rings. The molecule has 21 heavy (non-hydrogen) atoms. The molecule has 1 aliphatic carbocycles. The molecule has 0 bridgehead atoms. The fraction of sp³-hybridized carbons (Fsp3) is 0.625. The van der Waals surface area contributed by atoms with Crippen molar-refractivity contribution in [2.75, 3.05) is 0 Å². The highest BCUT2D eigenvalue weighted by Gasteiger charge is 2.26. The highest BCUT2D eigenvalue weighted by Crippen LogP contribution is 2.26. The predicted octanol–water partition coefficient (Wildman–Crippen LogP) is 2.65. The number of aryl methyl sites for hydroxylation is 1. The summed E-state index contributed by atoms with van der Waals surface area (Å²) in [6.07, 6.45) is 4.05. The standard InChI is InChI=1S/C16H25NO3S/c1-11-5-4-6-15(7-11)17-21(19,20)16-9-14(10-18)8-12(2)13(16)3/h8-9,11,15,17-18H,4-7,10H2,1-3H3. The molecule has 0 amide bonds. The molecule has 0 spiro atoms. The fourth-order valence-electron chi connectivity index (χ4n) is 3.09. The largest absolute Gasteiger partial charge is 0.392 e. The molecule has 4 nitrogen and oxygen atoms in total. The van der Waals surface area contributed by atoms with Crippen LogP contribution in [0.2, 0.25) is 0 Å². The number of hydrogen-bond acceptors (Lipinski definition) is 3. The van der Waals surface area contributed by atoms with Crippen LogP contribution in [0.1, 0.15) is 49.3 Å². The molecule has 2 N–H and O–H groups in total. The van der Waals surface area contributed by atoms with Crippen molar-refractivity contribution in [1.82, 2.24) is 4.72 Å². The predicted molar refractivity (Wildman–Crippen MR) is 83.6 cm³/mol. The third-order valence-electron chi connectivity index (χ3n) is 4.41. The Hall–Kier alpha value is -0.910. The molecule has 118 valence electrons. The monoisotopic (exact) mass is 311 g/mol. The van der Waals surface area contributed by atoms with E-state index in [-0.39, 0.29) is 12.6 Å². The zero-order chi connectivity index (χ0) is 15.6. The summed E-state index contributed by atoms with van der Waals surface area (Å²) >= 11 is 0. The van der Waals surface area contributed by atoms with E-state index < -0.39 is 10.0 Å². The van der Waals surface area contributed by atoms with E-state index in [1.165, 1.54) is 6.42 Å². The first-order valence-electron chi connectivity index (χ1n) is 7.57. The number of benzene rings is 1. The molecule has 0 aromatic heterocycles. The van der Waals surface area contributed by atoms with Gasteiger partial charge in [-0.2, -0.15) is 0 Å². The van der Waals surface area contributed by atoms with Crippen LogP contribution in [0.25, 0.3) is 0 Å². The number of nitrogens with one attached hydrogen (secondary N) is 1. The first kappa shape index (κ1) is 16.5.